The van der Waals surface area contributed by atoms with Crippen molar-refractivity contribution in [2.24, 2.45) is 0 Å². The Morgan fingerprint density at radius 3 is 2.18 bits per heavy atom. The molecule has 0 bridgehead atoms. The van der Waals surface area contributed by atoms with Crippen LogP contribution in [0.25, 0.3) is 0 Å². The third-order valence-electron chi connectivity index (χ3n) is 1.47. The number of hydrogen-bond donors (Lipinski definition) is 0. The second kappa shape index (κ2) is 13.9. The van der Waals surface area contributed by atoms with E-state index in [0.717, 1.165) is 5.56 Å². The second-order valence-corrected chi connectivity index (χ2v) is 6.10. The Kier molecular flexibility index (Phi) is 21.5. The van der Waals surface area contributed by atoms with Crippen molar-refractivity contribution >= 4 is 186 Å². The molecule has 0 saturated carbocycles. The monoisotopic (exact) mass is 365 g/mol. The van der Waals surface area contributed by atoms with E-state index in [4.69, 9.17) is 20.1 Å². The molecule has 0 saturated heterocycles. The van der Waals surface area contributed by atoms with Gasteiger partial charge in [-0.3, -0.25) is 0 Å². The van der Waals surface area contributed by atoms with Crippen LogP contribution in [0.5, 0.6) is 0 Å². The molecule has 0 radical (unpaired) electrons. The molecule has 1 unspecified atom stereocenters. The molecule has 9 heteroatoms. The molecule has 80 valence electrons. The van der Waals surface area contributed by atoms with Gasteiger partial charge in [0.15, 0.2) is 14.2 Å². The van der Waals surface area contributed by atoms with Gasteiger partial charge in [-0.2, -0.15) is 8.89 Å². The van der Waals surface area contributed by atoms with Crippen LogP contribution in [0.15, 0.2) is 29.2 Å². The Morgan fingerprint density at radius 1 is 1.29 bits per heavy atom. The van der Waals surface area contributed by atoms with Crippen molar-refractivity contribution in [3.8, 4) is 5.40 Å². The molecular weight excluding hydrogens is 356 g/mol. The zero-order valence-electron chi connectivity index (χ0n) is 7.30. The van der Waals surface area contributed by atoms with Crippen LogP contribution in [0.2, 0.25) is 0 Å². The van der Waals surface area contributed by atoms with Crippen molar-refractivity contribution in [3.05, 3.63) is 29.8 Å². The van der Waals surface area contributed by atoms with E-state index in [0.29, 0.717) is 16.9 Å². The van der Waals surface area contributed by atoms with Gasteiger partial charge in [0.1, 0.15) is 12.0 Å². The fourth-order valence-corrected chi connectivity index (χ4v) is 2.65. The van der Waals surface area contributed by atoms with Gasteiger partial charge in [0, 0.05) is 11.2 Å². The van der Waals surface area contributed by atoms with E-state index >= 15 is 0 Å². The van der Waals surface area contributed by atoms with Gasteiger partial charge in [-0.05, 0) is 19.1 Å². The predicted octanol–water partition coefficient (Wildman–Crippen LogP) is 0.216. The van der Waals surface area contributed by atoms with Gasteiger partial charge in [-0.1, -0.05) is 17.7 Å². The van der Waals surface area contributed by atoms with Gasteiger partial charge in [0.2, 0.25) is 0 Å². The van der Waals surface area contributed by atoms with Crippen LogP contribution in [0, 0.1) is 17.6 Å². The van der Waals surface area contributed by atoms with E-state index in [1.165, 1.54) is 0 Å². The first-order valence-corrected chi connectivity index (χ1v) is 6.77. The quantitative estimate of drug-likeness (QED) is 0.436. The molecule has 0 aliphatic carbocycles. The van der Waals surface area contributed by atoms with E-state index in [1.54, 1.807) is 29.7 Å². The fourth-order valence-electron chi connectivity index (χ4n) is 0.804. The van der Waals surface area contributed by atoms with Crippen molar-refractivity contribution < 1.29 is 7.84 Å². The third kappa shape index (κ3) is 10.6. The standard InChI is InChI=1S/C8H7NO2S3.3K.3H/c1-7-2-4-8(5-3-7)14(10,12)11-13-6-9;;;;;;/h2-5H,1H3;;;;;;. The van der Waals surface area contributed by atoms with Gasteiger partial charge in [-0.15, -0.1) is 0 Å². The summed E-state index contributed by atoms with van der Waals surface area (Å²) < 4.78 is 16.4. The summed E-state index contributed by atoms with van der Waals surface area (Å²) in [5.41, 5.74) is 1.05. The first-order valence-electron chi connectivity index (χ1n) is 3.62. The minimum atomic E-state index is -2.97. The average Bonchev–Trinajstić information content (AvgIpc) is 2.16. The van der Waals surface area contributed by atoms with Crippen LogP contribution in [0.1, 0.15) is 5.56 Å². The summed E-state index contributed by atoms with van der Waals surface area (Å²) in [6.07, 6.45) is 0. The molecule has 0 amide bonds. The number of rotatable bonds is 3. The zero-order valence-corrected chi connectivity index (χ0v) is 9.75. The van der Waals surface area contributed by atoms with E-state index in [1.807, 2.05) is 6.92 Å². The van der Waals surface area contributed by atoms with E-state index in [9.17, 15) is 4.21 Å². The molecule has 1 aromatic rings. The van der Waals surface area contributed by atoms with E-state index in [-0.39, 0.29) is 154 Å². The molecular formula is C8H10K3NO2S3. The topological polar surface area (TPSA) is 50.1 Å². The normalized spacial score (nSPS) is 11.8. The number of benzene rings is 1. The minimum absolute atomic E-state index is 0. The van der Waals surface area contributed by atoms with E-state index in [2.05, 4.69) is 0 Å². The van der Waals surface area contributed by atoms with Crippen LogP contribution < -0.4 is 0 Å². The van der Waals surface area contributed by atoms with Crippen molar-refractivity contribution in [1.82, 2.24) is 0 Å². The van der Waals surface area contributed by atoms with Crippen LogP contribution in [0.3, 0.4) is 0 Å². The Balaban J connectivity index is -0.000000653. The summed E-state index contributed by atoms with van der Waals surface area (Å²) in [6, 6.07) is 6.87. The molecule has 1 aromatic carbocycles. The van der Waals surface area contributed by atoms with Crippen molar-refractivity contribution in [2.75, 3.05) is 0 Å². The predicted molar refractivity (Wildman–Crippen MR) is 80.7 cm³/mol. The van der Waals surface area contributed by atoms with Crippen LogP contribution in [0.4, 0.5) is 0 Å². The molecule has 3 nitrogen and oxygen atoms in total. The van der Waals surface area contributed by atoms with Gasteiger partial charge < -0.3 is 0 Å². The Labute approximate surface area is 239 Å². The maximum absolute atomic E-state index is 11.7. The first-order chi connectivity index (χ1) is 6.56. The summed E-state index contributed by atoms with van der Waals surface area (Å²) >= 11 is 5.19. The van der Waals surface area contributed by atoms with Crippen LogP contribution in [-0.2, 0) is 23.6 Å². The second-order valence-electron chi connectivity index (χ2n) is 2.51. The summed E-state index contributed by atoms with van der Waals surface area (Å²) in [4.78, 5) is 0.417. The number of nitriles is 1. The molecule has 17 heavy (non-hydrogen) atoms. The van der Waals surface area contributed by atoms with Gasteiger partial charge in [0.25, 0.3) is 0 Å². The molecule has 1 atom stereocenters. The summed E-state index contributed by atoms with van der Waals surface area (Å²) in [5.74, 6) is 0. The van der Waals surface area contributed by atoms with E-state index < -0.39 is 8.77 Å². The maximum atomic E-state index is 11.7. The molecule has 0 N–H and O–H groups in total. The fraction of sp³-hybridized carbons (Fsp3) is 0.125. The molecule has 0 spiro atoms. The van der Waals surface area contributed by atoms with Crippen LogP contribution >= 0.6 is 12.0 Å². The SMILES string of the molecule is Cc1ccc(S(=O)(=S)OSC#N)cc1.[KH].[KH].[KH]. The molecule has 0 aliphatic heterocycles. The Morgan fingerprint density at radius 2 is 1.76 bits per heavy atom. The third-order valence-corrected chi connectivity index (χ3v) is 4.46. The number of aryl methyl sites for hydroxylation is 1. The molecule has 1 rings (SSSR count). The number of hydrogen-bond acceptors (Lipinski definition) is 5. The number of thiocyanates is 1. The molecule has 0 aliphatic rings. The first kappa shape index (κ1) is 26.2. The van der Waals surface area contributed by atoms with Gasteiger partial charge >= 0.3 is 154 Å². The summed E-state index contributed by atoms with van der Waals surface area (Å²) in [5, 5.41) is 9.89. The molecule has 0 aromatic heterocycles. The zero-order chi connectivity index (χ0) is 10.6. The van der Waals surface area contributed by atoms with Gasteiger partial charge in [-0.25, -0.2) is 4.21 Å². The van der Waals surface area contributed by atoms with Crippen molar-refractivity contribution in [3.63, 3.8) is 0 Å². The average molecular weight is 366 g/mol. The van der Waals surface area contributed by atoms with Crippen molar-refractivity contribution in [1.29, 1.82) is 5.26 Å². The molecule has 0 heterocycles. The van der Waals surface area contributed by atoms with Crippen LogP contribution in [-0.4, -0.2) is 158 Å². The van der Waals surface area contributed by atoms with Gasteiger partial charge in [0.05, 0.1) is 4.90 Å². The summed E-state index contributed by atoms with van der Waals surface area (Å²) in [6.45, 7) is 1.92. The Bertz CT molecular complexity index is 456. The molecule has 0 fully saturated rings. The number of nitrogens with zero attached hydrogens (tertiary/aromatic N) is 1. The van der Waals surface area contributed by atoms with Crippen molar-refractivity contribution in [2.45, 2.75) is 11.8 Å². The summed E-state index contributed by atoms with van der Waals surface area (Å²) in [7, 11) is -2.97. The Hall–Kier alpha value is 4.30.